The van der Waals surface area contributed by atoms with E-state index in [0.29, 0.717) is 0 Å². The van der Waals surface area contributed by atoms with Crippen molar-refractivity contribution >= 4 is 12.4 Å². The molecule has 0 heterocycles. The molecule has 0 N–H and O–H groups in total. The number of carbonyl (C=O) groups is 1. The van der Waals surface area contributed by atoms with Crippen molar-refractivity contribution in [2.75, 3.05) is 6.61 Å². The third-order valence-corrected chi connectivity index (χ3v) is 0.771. The third-order valence-electron chi connectivity index (χ3n) is 0.771. The predicted molar refractivity (Wildman–Crippen MR) is 32.9 cm³/mol. The Morgan fingerprint density at radius 2 is 2.30 bits per heavy atom. The Balaban J connectivity index is 3.29. The van der Waals surface area contributed by atoms with E-state index in [1.165, 1.54) is 13.4 Å². The number of hydrogen-bond donors (Lipinski definition) is 0. The van der Waals surface area contributed by atoms with E-state index in [0.717, 1.165) is 0 Å². The first-order chi connectivity index (χ1) is 4.66. The van der Waals surface area contributed by atoms with Gasteiger partial charge in [0.15, 0.2) is 0 Å². The Bertz CT molecular complexity index is 121. The van der Waals surface area contributed by atoms with E-state index in [9.17, 15) is 9.59 Å². The molecule has 0 aliphatic heterocycles. The number of rotatable bonds is 4. The van der Waals surface area contributed by atoms with Gasteiger partial charge in [0.2, 0.25) is 0 Å². The van der Waals surface area contributed by atoms with Crippen LogP contribution in [-0.2, 0) is 19.1 Å². The largest absolute Gasteiger partial charge is 0.462 e. The van der Waals surface area contributed by atoms with Gasteiger partial charge in [-0.25, -0.2) is 4.79 Å². The molecule has 0 bridgehead atoms. The molecule has 0 aromatic carbocycles. The third kappa shape index (κ3) is 5.08. The maximum absolute atomic E-state index is 10.2. The molecule has 1 radical (unpaired) electrons. The van der Waals surface area contributed by atoms with Crippen molar-refractivity contribution in [3.8, 4) is 0 Å². The van der Waals surface area contributed by atoms with Crippen molar-refractivity contribution in [1.82, 2.24) is 0 Å². The lowest BCUT2D eigenvalue weighted by molar-refractivity contribution is -0.143. The summed E-state index contributed by atoms with van der Waals surface area (Å²) in [6.07, 6.45) is -0.415. The monoisotopic (exact) mass is 145 g/mol. The molecule has 0 aromatic rings. The molecule has 0 rings (SSSR count). The highest BCUT2D eigenvalue weighted by Gasteiger charge is 2.02. The lowest BCUT2D eigenvalue weighted by atomic mass is 10.4. The molecule has 0 saturated heterocycles. The number of esters is 1. The van der Waals surface area contributed by atoms with E-state index in [1.807, 2.05) is 0 Å². The molecule has 0 amide bonds. The standard InChI is InChI=1S/C6H9O4/c1-5(10-4-7)3-9-6(2)8/h5H,3H2,1-2H3. The molecular weight excluding hydrogens is 136 g/mol. The van der Waals surface area contributed by atoms with Gasteiger partial charge in [-0.1, -0.05) is 0 Å². The molecule has 0 aliphatic carbocycles. The molecular formula is C6H9O4. The Morgan fingerprint density at radius 3 is 2.70 bits per heavy atom. The van der Waals surface area contributed by atoms with Crippen LogP contribution in [0.3, 0.4) is 0 Å². The van der Waals surface area contributed by atoms with E-state index >= 15 is 0 Å². The van der Waals surface area contributed by atoms with Crippen molar-refractivity contribution < 1.29 is 19.1 Å². The highest BCUT2D eigenvalue weighted by atomic mass is 16.6. The first-order valence-electron chi connectivity index (χ1n) is 2.83. The van der Waals surface area contributed by atoms with Crippen LogP contribution >= 0.6 is 0 Å². The fourth-order valence-corrected chi connectivity index (χ4v) is 0.351. The molecule has 1 atom stereocenters. The topological polar surface area (TPSA) is 52.6 Å². The van der Waals surface area contributed by atoms with E-state index in [4.69, 9.17) is 0 Å². The van der Waals surface area contributed by atoms with Crippen LogP contribution in [0.1, 0.15) is 13.8 Å². The normalized spacial score (nSPS) is 11.8. The minimum Gasteiger partial charge on any atom is -0.462 e. The molecule has 4 nitrogen and oxygen atoms in total. The van der Waals surface area contributed by atoms with Crippen LogP contribution in [0, 0.1) is 0 Å². The summed E-state index contributed by atoms with van der Waals surface area (Å²) in [4.78, 5) is 19.7. The summed E-state index contributed by atoms with van der Waals surface area (Å²) in [7, 11) is 0. The van der Waals surface area contributed by atoms with Crippen LogP contribution in [0.25, 0.3) is 0 Å². The van der Waals surface area contributed by atoms with Gasteiger partial charge in [-0.3, -0.25) is 4.79 Å². The minimum atomic E-state index is -0.415. The zero-order valence-corrected chi connectivity index (χ0v) is 5.92. The van der Waals surface area contributed by atoms with Crippen LogP contribution in [0.4, 0.5) is 0 Å². The molecule has 0 saturated carbocycles. The summed E-state index contributed by atoms with van der Waals surface area (Å²) >= 11 is 0. The van der Waals surface area contributed by atoms with Crippen LogP contribution in [0.5, 0.6) is 0 Å². The fraction of sp³-hybridized carbons (Fsp3) is 0.667. The maximum Gasteiger partial charge on any atom is 0.417 e. The summed E-state index contributed by atoms with van der Waals surface area (Å²) in [5.74, 6) is -0.388. The van der Waals surface area contributed by atoms with Gasteiger partial charge >= 0.3 is 12.4 Å². The van der Waals surface area contributed by atoms with Crippen molar-refractivity contribution in [3.63, 3.8) is 0 Å². The summed E-state index contributed by atoms with van der Waals surface area (Å²) < 4.78 is 8.82. The fourth-order valence-electron chi connectivity index (χ4n) is 0.351. The smallest absolute Gasteiger partial charge is 0.417 e. The quantitative estimate of drug-likeness (QED) is 0.523. The van der Waals surface area contributed by atoms with Gasteiger partial charge in [0.05, 0.1) is 0 Å². The lowest BCUT2D eigenvalue weighted by Crippen LogP contribution is -2.16. The highest BCUT2D eigenvalue weighted by molar-refractivity contribution is 5.65. The molecule has 0 aliphatic rings. The zero-order chi connectivity index (χ0) is 7.98. The van der Waals surface area contributed by atoms with Gasteiger partial charge in [-0.2, -0.15) is 0 Å². The van der Waals surface area contributed by atoms with E-state index in [1.54, 1.807) is 6.92 Å². The predicted octanol–water partition coefficient (Wildman–Crippen LogP) is 0.0218. The second-order valence-electron chi connectivity index (χ2n) is 1.81. The lowest BCUT2D eigenvalue weighted by Gasteiger charge is -2.06. The van der Waals surface area contributed by atoms with Gasteiger partial charge < -0.3 is 9.47 Å². The van der Waals surface area contributed by atoms with Crippen LogP contribution < -0.4 is 0 Å². The van der Waals surface area contributed by atoms with Gasteiger partial charge in [-0.15, -0.1) is 0 Å². The molecule has 1 unspecified atom stereocenters. The van der Waals surface area contributed by atoms with E-state index in [2.05, 4.69) is 9.47 Å². The van der Waals surface area contributed by atoms with Crippen LogP contribution in [0.15, 0.2) is 0 Å². The van der Waals surface area contributed by atoms with Crippen molar-refractivity contribution in [2.45, 2.75) is 20.0 Å². The molecule has 10 heavy (non-hydrogen) atoms. The summed E-state index contributed by atoms with van der Waals surface area (Å²) in [6, 6.07) is 0. The Morgan fingerprint density at radius 1 is 1.70 bits per heavy atom. The summed E-state index contributed by atoms with van der Waals surface area (Å²) in [6.45, 7) is 4.23. The SMILES string of the molecule is CC(=O)OCC(C)O[C]=O. The van der Waals surface area contributed by atoms with Crippen LogP contribution in [-0.4, -0.2) is 25.2 Å². The number of hydrogen-bond acceptors (Lipinski definition) is 4. The van der Waals surface area contributed by atoms with Crippen molar-refractivity contribution in [3.05, 3.63) is 0 Å². The Kier molecular flexibility index (Phi) is 4.28. The summed E-state index contributed by atoms with van der Waals surface area (Å²) in [5.41, 5.74) is 0. The average Bonchev–Trinajstić information content (AvgIpc) is 1.85. The molecule has 0 fully saturated rings. The van der Waals surface area contributed by atoms with Crippen molar-refractivity contribution in [1.29, 1.82) is 0 Å². The molecule has 57 valence electrons. The second-order valence-corrected chi connectivity index (χ2v) is 1.81. The summed E-state index contributed by atoms with van der Waals surface area (Å²) in [5, 5.41) is 0. The van der Waals surface area contributed by atoms with Gasteiger partial charge in [0, 0.05) is 6.92 Å². The van der Waals surface area contributed by atoms with Gasteiger partial charge in [0.25, 0.3) is 0 Å². The molecule has 0 aromatic heterocycles. The molecule has 4 heteroatoms. The van der Waals surface area contributed by atoms with Crippen LogP contribution in [0.2, 0.25) is 0 Å². The number of ether oxygens (including phenoxy) is 2. The van der Waals surface area contributed by atoms with E-state index < -0.39 is 6.10 Å². The Labute approximate surface area is 59.1 Å². The Hall–Kier alpha value is -1.06. The first kappa shape index (κ1) is 8.94. The molecule has 0 spiro atoms. The van der Waals surface area contributed by atoms with Crippen molar-refractivity contribution in [2.24, 2.45) is 0 Å². The van der Waals surface area contributed by atoms with E-state index in [-0.39, 0.29) is 12.6 Å². The number of carbonyl (C=O) groups excluding carboxylic acids is 2. The van der Waals surface area contributed by atoms with Gasteiger partial charge in [-0.05, 0) is 6.92 Å². The zero-order valence-electron chi connectivity index (χ0n) is 5.92. The highest BCUT2D eigenvalue weighted by Crippen LogP contribution is 1.88. The second kappa shape index (κ2) is 4.78. The first-order valence-corrected chi connectivity index (χ1v) is 2.83. The van der Waals surface area contributed by atoms with Gasteiger partial charge in [0.1, 0.15) is 12.7 Å². The average molecular weight is 145 g/mol. The minimum absolute atomic E-state index is 0.0879. The maximum atomic E-state index is 10.2.